The van der Waals surface area contributed by atoms with Crippen molar-refractivity contribution < 1.29 is 14.8 Å². The van der Waals surface area contributed by atoms with Gasteiger partial charge in [0.2, 0.25) is 0 Å². The number of benzene rings is 3. The van der Waals surface area contributed by atoms with Crippen LogP contribution in [0.25, 0.3) is 0 Å². The number of nitrogens with one attached hydrogen (secondary N) is 1. The number of alkyl halides is 1. The van der Waals surface area contributed by atoms with Crippen molar-refractivity contribution in [1.82, 2.24) is 9.97 Å². The summed E-state index contributed by atoms with van der Waals surface area (Å²) in [5.74, 6) is 0.252. The smallest absolute Gasteiger partial charge is 0.274 e. The van der Waals surface area contributed by atoms with Gasteiger partial charge in [-0.2, -0.15) is 0 Å². The van der Waals surface area contributed by atoms with Gasteiger partial charge in [-0.1, -0.05) is 80.7 Å². The van der Waals surface area contributed by atoms with Crippen molar-refractivity contribution >= 4 is 79.6 Å². The second-order valence-corrected chi connectivity index (χ2v) is 11.0. The molecule has 0 amide bonds. The number of nitro benzene ring substituents is 3. The highest BCUT2D eigenvalue weighted by molar-refractivity contribution is 9.08. The Morgan fingerprint density at radius 1 is 0.791 bits per heavy atom. The zero-order valence-electron chi connectivity index (χ0n) is 22.3. The minimum Gasteiger partial charge on any atom is -0.301 e. The lowest BCUT2D eigenvalue weighted by atomic mass is 10.2. The lowest BCUT2D eigenvalue weighted by Gasteiger charge is -2.05. The highest BCUT2D eigenvalue weighted by Crippen LogP contribution is 2.32. The van der Waals surface area contributed by atoms with Gasteiger partial charge < -0.3 is 4.98 Å². The molecule has 226 valence electrons. The maximum absolute atomic E-state index is 11.3. The molecule has 4 aromatic rings. The molecule has 0 aliphatic heterocycles. The maximum atomic E-state index is 11.3. The van der Waals surface area contributed by atoms with E-state index in [1.54, 1.807) is 44.2 Å². The fourth-order valence-electron chi connectivity index (χ4n) is 3.27. The molecule has 0 radical (unpaired) electrons. The monoisotopic (exact) mass is 731 g/mol. The Hall–Kier alpha value is -3.56. The van der Waals surface area contributed by atoms with Gasteiger partial charge >= 0.3 is 0 Å². The second kappa shape index (κ2) is 16.9. The maximum Gasteiger partial charge on any atom is 0.274 e. The average Bonchev–Trinajstić information content (AvgIpc) is 2.93. The Morgan fingerprint density at radius 2 is 1.26 bits per heavy atom. The molecule has 12 nitrogen and oxygen atoms in total. The number of thioether (sulfide) groups is 1. The minimum atomic E-state index is -0.478. The van der Waals surface area contributed by atoms with Crippen molar-refractivity contribution in [2.75, 3.05) is 0 Å². The van der Waals surface area contributed by atoms with Crippen molar-refractivity contribution in [2.45, 2.75) is 30.1 Å². The number of hydrogen-bond acceptors (Lipinski definition) is 9. The zero-order valence-corrected chi connectivity index (χ0v) is 26.9. The van der Waals surface area contributed by atoms with Gasteiger partial charge in [-0.3, -0.25) is 35.1 Å². The number of nitrogens with zero attached hydrogens (tertiary/aromatic N) is 4. The zero-order chi connectivity index (χ0) is 32.3. The van der Waals surface area contributed by atoms with E-state index in [9.17, 15) is 35.1 Å². The van der Waals surface area contributed by atoms with Gasteiger partial charge in [0.1, 0.15) is 0 Å². The number of aromatic nitrogens is 2. The van der Waals surface area contributed by atoms with E-state index in [0.717, 1.165) is 0 Å². The van der Waals surface area contributed by atoms with E-state index in [2.05, 4.69) is 25.9 Å². The van der Waals surface area contributed by atoms with Gasteiger partial charge in [0.15, 0.2) is 5.16 Å². The fraction of sp³-hybridized carbons (Fsp3) is 0.154. The highest BCUT2D eigenvalue weighted by atomic mass is 79.9. The van der Waals surface area contributed by atoms with Crippen molar-refractivity contribution in [2.24, 2.45) is 0 Å². The molecule has 0 aliphatic rings. The lowest BCUT2D eigenvalue weighted by molar-refractivity contribution is -0.385. The van der Waals surface area contributed by atoms with Gasteiger partial charge in [-0.25, -0.2) is 4.98 Å². The first-order valence-electron chi connectivity index (χ1n) is 11.8. The van der Waals surface area contributed by atoms with Crippen molar-refractivity contribution in [3.8, 4) is 0 Å². The summed E-state index contributed by atoms with van der Waals surface area (Å²) in [5.41, 5.74) is 1.85. The summed E-state index contributed by atoms with van der Waals surface area (Å²) in [4.78, 5) is 48.4. The molecule has 1 aromatic heterocycles. The van der Waals surface area contributed by atoms with Crippen LogP contribution in [0.2, 0.25) is 15.1 Å². The van der Waals surface area contributed by atoms with E-state index in [-0.39, 0.29) is 28.4 Å². The molecule has 1 N–H and O–H groups in total. The standard InChI is InChI=1S/C12H10ClN3O3S.C7H5BrClNO2.C7H6ClNO2/c1-7-5-11(17)15-12(14-7)20-6-8-9(13)3-2-4-10(8)16(18)19;8-4-5-6(9)2-1-3-7(5)10(11)12;1-5-6(8)3-2-4-7(5)9(10)11/h2-5H,6H2,1H3,(H,14,15,17);1-3H,4H2;2-4H,1H3. The Bertz CT molecular complexity index is 1710. The van der Waals surface area contributed by atoms with Crippen molar-refractivity contribution in [3.05, 3.63) is 139 Å². The third-order valence-corrected chi connectivity index (χ3v) is 7.93. The summed E-state index contributed by atoms with van der Waals surface area (Å²) < 4.78 is 0. The number of H-pyrrole nitrogens is 1. The minimum absolute atomic E-state index is 0.0417. The number of aryl methyl sites for hydroxylation is 1. The first-order chi connectivity index (χ1) is 20.3. The molecule has 1 heterocycles. The van der Waals surface area contributed by atoms with Gasteiger partial charge in [-0.15, -0.1) is 0 Å². The third-order valence-electron chi connectivity index (χ3n) is 5.35. The van der Waals surface area contributed by atoms with Crippen LogP contribution >= 0.6 is 62.5 Å². The predicted octanol–water partition coefficient (Wildman–Crippen LogP) is 8.63. The van der Waals surface area contributed by atoms with E-state index >= 15 is 0 Å². The van der Waals surface area contributed by atoms with Crippen molar-refractivity contribution in [1.29, 1.82) is 0 Å². The van der Waals surface area contributed by atoms with Crippen LogP contribution in [-0.4, -0.2) is 24.7 Å². The number of rotatable bonds is 7. The molecule has 43 heavy (non-hydrogen) atoms. The molecule has 0 spiro atoms. The van der Waals surface area contributed by atoms with E-state index in [4.69, 9.17) is 34.8 Å². The van der Waals surface area contributed by atoms with E-state index < -0.39 is 14.8 Å². The first-order valence-corrected chi connectivity index (χ1v) is 15.0. The summed E-state index contributed by atoms with van der Waals surface area (Å²) >= 11 is 21.7. The molecular formula is C26H21BrCl3N5O7S. The third kappa shape index (κ3) is 10.6. The Morgan fingerprint density at radius 3 is 1.70 bits per heavy atom. The first kappa shape index (κ1) is 35.6. The predicted molar refractivity (Wildman–Crippen MR) is 171 cm³/mol. The summed E-state index contributed by atoms with van der Waals surface area (Å²) in [6.45, 7) is 3.33. The SMILES string of the molecule is Cc1c(Cl)cccc1[N+](=O)[O-].Cc1cc(=O)[nH]c(SCc2c(Cl)cccc2[N+](=O)[O-])n1.O=[N+]([O-])c1cccc(Cl)c1CBr. The quantitative estimate of drug-likeness (QED) is 0.0641. The average molecular weight is 734 g/mol. The van der Waals surface area contributed by atoms with Crippen LogP contribution in [0.1, 0.15) is 22.4 Å². The molecule has 3 aromatic carbocycles. The summed E-state index contributed by atoms with van der Waals surface area (Å²) in [6, 6.07) is 15.1. The summed E-state index contributed by atoms with van der Waals surface area (Å²) in [7, 11) is 0. The molecule has 17 heteroatoms. The van der Waals surface area contributed by atoms with Crippen LogP contribution in [0.5, 0.6) is 0 Å². The highest BCUT2D eigenvalue weighted by Gasteiger charge is 2.17. The lowest BCUT2D eigenvalue weighted by Crippen LogP contribution is -2.08. The molecule has 0 saturated heterocycles. The summed E-state index contributed by atoms with van der Waals surface area (Å²) in [6.07, 6.45) is 0. The largest absolute Gasteiger partial charge is 0.301 e. The number of nitro groups is 3. The van der Waals surface area contributed by atoms with Crippen molar-refractivity contribution in [3.63, 3.8) is 0 Å². The number of halogens is 4. The van der Waals surface area contributed by atoms with E-state index in [1.807, 2.05) is 0 Å². The molecule has 0 saturated carbocycles. The molecular weight excluding hydrogens is 713 g/mol. The number of hydrogen-bond donors (Lipinski definition) is 1. The van der Waals surface area contributed by atoms with Gasteiger partial charge in [-0.05, 0) is 32.0 Å². The second-order valence-electron chi connectivity index (χ2n) is 8.24. The van der Waals surface area contributed by atoms with Crippen LogP contribution in [0.4, 0.5) is 17.1 Å². The van der Waals surface area contributed by atoms with Gasteiger partial charge in [0.05, 0.1) is 41.0 Å². The van der Waals surface area contributed by atoms with E-state index in [0.29, 0.717) is 47.9 Å². The van der Waals surface area contributed by atoms with Crippen LogP contribution < -0.4 is 5.56 Å². The summed E-state index contributed by atoms with van der Waals surface area (Å²) in [5, 5.41) is 33.7. The van der Waals surface area contributed by atoms with Crippen LogP contribution in [0.15, 0.2) is 70.6 Å². The molecule has 0 fully saturated rings. The molecule has 0 atom stereocenters. The van der Waals surface area contributed by atoms with Gasteiger partial charge in [0, 0.05) is 46.6 Å². The van der Waals surface area contributed by atoms with Crippen LogP contribution in [0.3, 0.4) is 0 Å². The molecule has 4 rings (SSSR count). The Kier molecular flexibility index (Phi) is 14.0. The fourth-order valence-corrected chi connectivity index (χ4v) is 5.70. The van der Waals surface area contributed by atoms with Crippen LogP contribution in [-0.2, 0) is 11.1 Å². The molecule has 0 unspecified atom stereocenters. The van der Waals surface area contributed by atoms with E-state index in [1.165, 1.54) is 42.1 Å². The Balaban J connectivity index is 0.000000241. The normalized spacial score (nSPS) is 10.1. The Labute approximate surface area is 272 Å². The molecule has 0 aliphatic carbocycles. The number of aromatic amines is 1. The molecule has 0 bridgehead atoms. The van der Waals surface area contributed by atoms with Crippen LogP contribution in [0, 0.1) is 44.2 Å². The topological polar surface area (TPSA) is 175 Å². The van der Waals surface area contributed by atoms with Gasteiger partial charge in [0.25, 0.3) is 22.6 Å².